The van der Waals surface area contributed by atoms with Crippen LogP contribution in [0, 0.1) is 0 Å². The van der Waals surface area contributed by atoms with E-state index in [2.05, 4.69) is 29.6 Å². The molecule has 2 nitrogen and oxygen atoms in total. The minimum atomic E-state index is -0.457. The molecule has 18 heavy (non-hydrogen) atoms. The highest BCUT2D eigenvalue weighted by Crippen LogP contribution is 2.28. The largest absolute Gasteiger partial charge is 0.388 e. The van der Waals surface area contributed by atoms with Crippen LogP contribution in [0.5, 0.6) is 0 Å². The summed E-state index contributed by atoms with van der Waals surface area (Å²) in [6.45, 7) is 0.757. The molecular formula is C15H21NOS. The Morgan fingerprint density at radius 1 is 1.33 bits per heavy atom. The Balaban J connectivity index is 1.56. The second kappa shape index (κ2) is 5.24. The van der Waals surface area contributed by atoms with Crippen molar-refractivity contribution in [3.8, 4) is 0 Å². The smallest absolute Gasteiger partial charge is 0.0869 e. The van der Waals surface area contributed by atoms with E-state index in [4.69, 9.17) is 0 Å². The lowest BCUT2D eigenvalue weighted by molar-refractivity contribution is 0.0640. The van der Waals surface area contributed by atoms with Gasteiger partial charge in [-0.1, -0.05) is 24.3 Å². The van der Waals surface area contributed by atoms with E-state index < -0.39 is 5.60 Å². The standard InChI is InChI=1S/C15H21NOS/c17-15(7-8-18-11-15)10-16-14-6-5-12-3-1-2-4-13(12)9-14/h1-4,14,16-17H,5-11H2. The Morgan fingerprint density at radius 2 is 2.17 bits per heavy atom. The van der Waals surface area contributed by atoms with Crippen molar-refractivity contribution in [2.24, 2.45) is 0 Å². The molecule has 0 spiro atoms. The van der Waals surface area contributed by atoms with Crippen LogP contribution in [0.1, 0.15) is 24.0 Å². The third-order valence-electron chi connectivity index (χ3n) is 4.15. The predicted molar refractivity (Wildman–Crippen MR) is 77.1 cm³/mol. The number of fused-ring (bicyclic) bond motifs is 1. The first-order chi connectivity index (χ1) is 8.75. The van der Waals surface area contributed by atoms with Crippen LogP contribution >= 0.6 is 11.8 Å². The van der Waals surface area contributed by atoms with Crippen molar-refractivity contribution in [1.29, 1.82) is 0 Å². The molecule has 2 N–H and O–H groups in total. The van der Waals surface area contributed by atoms with E-state index in [9.17, 15) is 5.11 Å². The second-order valence-corrected chi connectivity index (χ2v) is 6.72. The Labute approximate surface area is 113 Å². The zero-order valence-corrected chi connectivity index (χ0v) is 11.5. The van der Waals surface area contributed by atoms with Crippen LogP contribution in [0.2, 0.25) is 0 Å². The summed E-state index contributed by atoms with van der Waals surface area (Å²) < 4.78 is 0. The summed E-state index contributed by atoms with van der Waals surface area (Å²) >= 11 is 1.87. The highest BCUT2D eigenvalue weighted by Gasteiger charge is 2.32. The van der Waals surface area contributed by atoms with Gasteiger partial charge in [-0.15, -0.1) is 0 Å². The molecule has 0 aromatic heterocycles. The predicted octanol–water partition coefficient (Wildman–Crippen LogP) is 2.00. The fourth-order valence-electron chi connectivity index (χ4n) is 2.94. The SMILES string of the molecule is OC1(CNC2CCc3ccccc3C2)CCSC1. The first-order valence-electron chi connectivity index (χ1n) is 6.85. The van der Waals surface area contributed by atoms with Gasteiger partial charge in [0.25, 0.3) is 0 Å². The van der Waals surface area contributed by atoms with Crippen molar-refractivity contribution in [3.05, 3.63) is 35.4 Å². The normalized spacial score (nSPS) is 31.3. The van der Waals surface area contributed by atoms with Crippen molar-refractivity contribution >= 4 is 11.8 Å². The van der Waals surface area contributed by atoms with Crippen molar-refractivity contribution in [3.63, 3.8) is 0 Å². The van der Waals surface area contributed by atoms with Gasteiger partial charge in [0.2, 0.25) is 0 Å². The second-order valence-electron chi connectivity index (χ2n) is 5.62. The average molecular weight is 263 g/mol. The van der Waals surface area contributed by atoms with Gasteiger partial charge in [0.1, 0.15) is 0 Å². The van der Waals surface area contributed by atoms with Gasteiger partial charge >= 0.3 is 0 Å². The van der Waals surface area contributed by atoms with Crippen LogP contribution in [0.3, 0.4) is 0 Å². The topological polar surface area (TPSA) is 32.3 Å². The summed E-state index contributed by atoms with van der Waals surface area (Å²) in [5, 5.41) is 13.9. The van der Waals surface area contributed by atoms with Gasteiger partial charge in [0, 0.05) is 18.3 Å². The zero-order valence-electron chi connectivity index (χ0n) is 10.7. The van der Waals surface area contributed by atoms with E-state index in [-0.39, 0.29) is 0 Å². The third-order valence-corrected chi connectivity index (χ3v) is 5.38. The number of aliphatic hydroxyl groups is 1. The van der Waals surface area contributed by atoms with Crippen molar-refractivity contribution in [2.45, 2.75) is 37.3 Å². The maximum absolute atomic E-state index is 10.3. The Morgan fingerprint density at radius 3 is 2.94 bits per heavy atom. The van der Waals surface area contributed by atoms with E-state index in [1.807, 2.05) is 11.8 Å². The lowest BCUT2D eigenvalue weighted by Crippen LogP contribution is -2.46. The maximum Gasteiger partial charge on any atom is 0.0869 e. The zero-order chi connectivity index (χ0) is 12.4. The molecule has 0 amide bonds. The van der Waals surface area contributed by atoms with Crippen molar-refractivity contribution in [1.82, 2.24) is 5.32 Å². The molecule has 0 radical (unpaired) electrons. The molecule has 2 unspecified atom stereocenters. The number of nitrogens with one attached hydrogen (secondary N) is 1. The molecule has 0 bridgehead atoms. The van der Waals surface area contributed by atoms with E-state index in [0.29, 0.717) is 6.04 Å². The minimum absolute atomic E-state index is 0.457. The molecule has 3 heteroatoms. The first-order valence-corrected chi connectivity index (χ1v) is 8.01. The Bertz CT molecular complexity index is 415. The fraction of sp³-hybridized carbons (Fsp3) is 0.600. The Hall–Kier alpha value is -0.510. The van der Waals surface area contributed by atoms with Crippen LogP contribution in [-0.4, -0.2) is 34.8 Å². The fourth-order valence-corrected chi connectivity index (χ4v) is 4.24. The molecule has 2 atom stereocenters. The van der Waals surface area contributed by atoms with Crippen LogP contribution in [-0.2, 0) is 12.8 Å². The molecule has 1 aromatic rings. The highest BCUT2D eigenvalue weighted by molar-refractivity contribution is 7.99. The van der Waals surface area contributed by atoms with Crippen LogP contribution in [0.4, 0.5) is 0 Å². The lowest BCUT2D eigenvalue weighted by atomic mass is 9.88. The van der Waals surface area contributed by atoms with Crippen molar-refractivity contribution in [2.75, 3.05) is 18.1 Å². The van der Waals surface area contributed by atoms with Gasteiger partial charge in [-0.05, 0) is 42.6 Å². The summed E-state index contributed by atoms with van der Waals surface area (Å²) in [5.41, 5.74) is 2.53. The van der Waals surface area contributed by atoms with Crippen LogP contribution < -0.4 is 5.32 Å². The van der Waals surface area contributed by atoms with Gasteiger partial charge in [-0.3, -0.25) is 0 Å². The quantitative estimate of drug-likeness (QED) is 0.875. The van der Waals surface area contributed by atoms with E-state index >= 15 is 0 Å². The highest BCUT2D eigenvalue weighted by atomic mass is 32.2. The maximum atomic E-state index is 10.3. The number of thioether (sulfide) groups is 1. The Kier molecular flexibility index (Phi) is 3.64. The molecule has 1 saturated heterocycles. The molecule has 2 aliphatic rings. The van der Waals surface area contributed by atoms with Crippen molar-refractivity contribution < 1.29 is 5.11 Å². The van der Waals surface area contributed by atoms with Gasteiger partial charge in [0.15, 0.2) is 0 Å². The average Bonchev–Trinajstić information content (AvgIpc) is 2.84. The van der Waals surface area contributed by atoms with E-state index in [0.717, 1.165) is 30.9 Å². The van der Waals surface area contributed by atoms with Gasteiger partial charge in [0.05, 0.1) is 5.60 Å². The number of benzene rings is 1. The molecule has 1 aliphatic carbocycles. The molecule has 0 saturated carbocycles. The van der Waals surface area contributed by atoms with E-state index in [1.54, 1.807) is 0 Å². The third kappa shape index (κ3) is 2.73. The molecule has 1 heterocycles. The summed E-state index contributed by atoms with van der Waals surface area (Å²) in [7, 11) is 0. The first kappa shape index (κ1) is 12.5. The molecule has 1 fully saturated rings. The molecule has 98 valence electrons. The molecule has 1 aromatic carbocycles. The molecular weight excluding hydrogens is 242 g/mol. The lowest BCUT2D eigenvalue weighted by Gasteiger charge is -2.29. The van der Waals surface area contributed by atoms with Gasteiger partial charge < -0.3 is 10.4 Å². The molecule has 3 rings (SSSR count). The number of aryl methyl sites for hydroxylation is 1. The monoisotopic (exact) mass is 263 g/mol. The minimum Gasteiger partial charge on any atom is -0.388 e. The number of rotatable bonds is 3. The van der Waals surface area contributed by atoms with Crippen LogP contribution in [0.25, 0.3) is 0 Å². The van der Waals surface area contributed by atoms with Gasteiger partial charge in [-0.2, -0.15) is 11.8 Å². The summed E-state index contributed by atoms with van der Waals surface area (Å²) in [6, 6.07) is 9.28. The summed E-state index contributed by atoms with van der Waals surface area (Å²) in [5.74, 6) is 2.00. The van der Waals surface area contributed by atoms with Gasteiger partial charge in [-0.25, -0.2) is 0 Å². The number of hydrogen-bond acceptors (Lipinski definition) is 3. The summed E-state index contributed by atoms with van der Waals surface area (Å²) in [4.78, 5) is 0. The summed E-state index contributed by atoms with van der Waals surface area (Å²) in [6.07, 6.45) is 4.41. The number of hydrogen-bond donors (Lipinski definition) is 2. The van der Waals surface area contributed by atoms with Crippen LogP contribution in [0.15, 0.2) is 24.3 Å². The van der Waals surface area contributed by atoms with E-state index in [1.165, 1.54) is 24.0 Å². The molecule has 1 aliphatic heterocycles.